The summed E-state index contributed by atoms with van der Waals surface area (Å²) in [4.78, 5) is 12.5. The normalized spacial score (nSPS) is 19.0. The molecule has 2 N–H and O–H groups in total. The lowest BCUT2D eigenvalue weighted by Crippen LogP contribution is -2.43. The van der Waals surface area contributed by atoms with Gasteiger partial charge in [0.1, 0.15) is 5.60 Å². The quantitative estimate of drug-likeness (QED) is 0.877. The Labute approximate surface area is 147 Å². The molecule has 2 aromatic carbocycles. The summed E-state index contributed by atoms with van der Waals surface area (Å²) in [5, 5.41) is 13.9. The van der Waals surface area contributed by atoms with E-state index in [-0.39, 0.29) is 12.5 Å². The summed E-state index contributed by atoms with van der Waals surface area (Å²) in [5.74, 6) is 0.813. The van der Waals surface area contributed by atoms with Gasteiger partial charge in [0, 0.05) is 5.56 Å². The first-order valence-electron chi connectivity index (χ1n) is 8.38. The minimum Gasteiger partial charge on any atom is -0.493 e. The Morgan fingerprint density at radius 2 is 1.92 bits per heavy atom. The molecule has 0 bridgehead atoms. The van der Waals surface area contributed by atoms with Crippen LogP contribution in [0, 0.1) is 0 Å². The zero-order valence-corrected chi connectivity index (χ0v) is 14.5. The SMILES string of the molecule is COc1ccc(C(=O)NC[C@]2(O)CCCc3ccccc32)cc1OC. The molecule has 2 aromatic rings. The first-order valence-corrected chi connectivity index (χ1v) is 8.38. The molecule has 0 spiro atoms. The standard InChI is InChI=1S/C20H23NO4/c1-24-17-10-9-15(12-18(17)25-2)19(22)21-13-20(23)11-5-7-14-6-3-4-8-16(14)20/h3-4,6,8-10,12,23H,5,7,11,13H2,1-2H3,(H,21,22)/t20-/m1/s1. The summed E-state index contributed by atoms with van der Waals surface area (Å²) in [6.07, 6.45) is 2.50. The highest BCUT2D eigenvalue weighted by molar-refractivity contribution is 5.95. The average Bonchev–Trinajstić information content (AvgIpc) is 2.66. The van der Waals surface area contributed by atoms with Gasteiger partial charge in [0.05, 0.1) is 20.8 Å². The maximum absolute atomic E-state index is 12.5. The van der Waals surface area contributed by atoms with Crippen LogP contribution in [0.2, 0.25) is 0 Å². The molecule has 0 radical (unpaired) electrons. The van der Waals surface area contributed by atoms with Crippen molar-refractivity contribution in [3.63, 3.8) is 0 Å². The van der Waals surface area contributed by atoms with Gasteiger partial charge in [0.15, 0.2) is 11.5 Å². The van der Waals surface area contributed by atoms with Crippen LogP contribution < -0.4 is 14.8 Å². The highest BCUT2D eigenvalue weighted by atomic mass is 16.5. The van der Waals surface area contributed by atoms with Gasteiger partial charge in [-0.2, -0.15) is 0 Å². The third kappa shape index (κ3) is 3.46. The number of aliphatic hydroxyl groups is 1. The summed E-state index contributed by atoms with van der Waals surface area (Å²) in [6, 6.07) is 12.9. The number of fused-ring (bicyclic) bond motifs is 1. The maximum Gasteiger partial charge on any atom is 0.251 e. The molecule has 0 fully saturated rings. The van der Waals surface area contributed by atoms with Crippen LogP contribution in [0.1, 0.15) is 34.3 Å². The Bertz CT molecular complexity index is 774. The van der Waals surface area contributed by atoms with E-state index in [1.807, 2.05) is 24.3 Å². The van der Waals surface area contributed by atoms with Crippen molar-refractivity contribution in [1.82, 2.24) is 5.32 Å². The first kappa shape index (κ1) is 17.3. The molecule has 0 aromatic heterocycles. The number of aryl methyl sites for hydroxylation is 1. The van der Waals surface area contributed by atoms with Crippen LogP contribution in [0.5, 0.6) is 11.5 Å². The van der Waals surface area contributed by atoms with E-state index in [1.165, 1.54) is 7.11 Å². The van der Waals surface area contributed by atoms with Crippen molar-refractivity contribution in [3.8, 4) is 11.5 Å². The number of benzene rings is 2. The van der Waals surface area contributed by atoms with Crippen LogP contribution in [0.15, 0.2) is 42.5 Å². The van der Waals surface area contributed by atoms with E-state index in [0.717, 1.165) is 24.0 Å². The van der Waals surface area contributed by atoms with E-state index < -0.39 is 5.60 Å². The van der Waals surface area contributed by atoms with Gasteiger partial charge in [-0.1, -0.05) is 24.3 Å². The topological polar surface area (TPSA) is 67.8 Å². The molecule has 1 amide bonds. The number of amides is 1. The van der Waals surface area contributed by atoms with Crippen LogP contribution in [-0.2, 0) is 12.0 Å². The van der Waals surface area contributed by atoms with Gasteiger partial charge in [-0.15, -0.1) is 0 Å². The fourth-order valence-corrected chi connectivity index (χ4v) is 3.39. The third-order valence-electron chi connectivity index (χ3n) is 4.74. The highest BCUT2D eigenvalue weighted by Crippen LogP contribution is 2.35. The molecule has 1 aliphatic carbocycles. The number of nitrogens with one attached hydrogen (secondary N) is 1. The molecule has 25 heavy (non-hydrogen) atoms. The van der Waals surface area contributed by atoms with Crippen molar-refractivity contribution < 1.29 is 19.4 Å². The Balaban J connectivity index is 1.75. The molecule has 0 aliphatic heterocycles. The zero-order valence-electron chi connectivity index (χ0n) is 14.5. The molecule has 3 rings (SSSR count). The van der Waals surface area contributed by atoms with Crippen LogP contribution in [-0.4, -0.2) is 31.8 Å². The van der Waals surface area contributed by atoms with E-state index in [0.29, 0.717) is 23.5 Å². The van der Waals surface area contributed by atoms with Gasteiger partial charge in [0.2, 0.25) is 0 Å². The smallest absolute Gasteiger partial charge is 0.251 e. The zero-order chi connectivity index (χ0) is 17.9. The molecule has 0 saturated heterocycles. The molecule has 5 heteroatoms. The van der Waals surface area contributed by atoms with E-state index in [2.05, 4.69) is 5.32 Å². The van der Waals surface area contributed by atoms with Crippen molar-refractivity contribution >= 4 is 5.91 Å². The Kier molecular flexibility index (Phi) is 4.95. The number of carbonyl (C=O) groups excluding carboxylic acids is 1. The third-order valence-corrected chi connectivity index (χ3v) is 4.74. The molecular formula is C20H23NO4. The van der Waals surface area contributed by atoms with Gasteiger partial charge < -0.3 is 19.9 Å². The predicted octanol–water partition coefficient (Wildman–Crippen LogP) is 2.66. The molecule has 0 saturated carbocycles. The van der Waals surface area contributed by atoms with Crippen molar-refractivity contribution in [2.24, 2.45) is 0 Å². The number of hydrogen-bond donors (Lipinski definition) is 2. The fourth-order valence-electron chi connectivity index (χ4n) is 3.39. The van der Waals surface area contributed by atoms with Gasteiger partial charge >= 0.3 is 0 Å². The minimum absolute atomic E-state index is 0.178. The lowest BCUT2D eigenvalue weighted by atomic mass is 9.79. The van der Waals surface area contributed by atoms with Crippen molar-refractivity contribution in [1.29, 1.82) is 0 Å². The Hall–Kier alpha value is -2.53. The molecule has 132 valence electrons. The number of methoxy groups -OCH3 is 2. The molecular weight excluding hydrogens is 318 g/mol. The Morgan fingerprint density at radius 1 is 1.16 bits per heavy atom. The van der Waals surface area contributed by atoms with Crippen LogP contribution >= 0.6 is 0 Å². The molecule has 5 nitrogen and oxygen atoms in total. The maximum atomic E-state index is 12.5. The van der Waals surface area contributed by atoms with Crippen LogP contribution in [0.25, 0.3) is 0 Å². The average molecular weight is 341 g/mol. The predicted molar refractivity (Wildman–Crippen MR) is 95.2 cm³/mol. The number of carbonyl (C=O) groups is 1. The van der Waals surface area contributed by atoms with Crippen molar-refractivity contribution in [3.05, 3.63) is 59.2 Å². The summed E-state index contributed by atoms with van der Waals surface area (Å²) in [6.45, 7) is 0.178. The summed E-state index contributed by atoms with van der Waals surface area (Å²) >= 11 is 0. The van der Waals surface area contributed by atoms with Crippen LogP contribution in [0.3, 0.4) is 0 Å². The van der Waals surface area contributed by atoms with Gasteiger partial charge in [-0.25, -0.2) is 0 Å². The lowest BCUT2D eigenvalue weighted by molar-refractivity contribution is 0.0189. The van der Waals surface area contributed by atoms with E-state index in [4.69, 9.17) is 9.47 Å². The molecule has 1 aliphatic rings. The second kappa shape index (κ2) is 7.15. The molecule has 0 unspecified atom stereocenters. The summed E-state index contributed by atoms with van der Waals surface area (Å²) in [7, 11) is 3.08. The fraction of sp³-hybridized carbons (Fsp3) is 0.350. The van der Waals surface area contributed by atoms with E-state index in [1.54, 1.807) is 25.3 Å². The second-order valence-corrected chi connectivity index (χ2v) is 6.29. The first-order chi connectivity index (χ1) is 12.1. The number of hydrogen-bond acceptors (Lipinski definition) is 4. The minimum atomic E-state index is -1.03. The van der Waals surface area contributed by atoms with Gasteiger partial charge in [0.25, 0.3) is 5.91 Å². The van der Waals surface area contributed by atoms with E-state index >= 15 is 0 Å². The van der Waals surface area contributed by atoms with Crippen molar-refractivity contribution in [2.75, 3.05) is 20.8 Å². The van der Waals surface area contributed by atoms with Crippen molar-refractivity contribution in [2.45, 2.75) is 24.9 Å². The largest absolute Gasteiger partial charge is 0.493 e. The Morgan fingerprint density at radius 3 is 2.68 bits per heavy atom. The summed E-state index contributed by atoms with van der Waals surface area (Å²) in [5.41, 5.74) is 1.50. The number of ether oxygens (including phenoxy) is 2. The number of rotatable bonds is 5. The summed E-state index contributed by atoms with van der Waals surface area (Å²) < 4.78 is 10.4. The lowest BCUT2D eigenvalue weighted by Gasteiger charge is -2.34. The monoisotopic (exact) mass is 341 g/mol. The molecule has 1 atom stereocenters. The van der Waals surface area contributed by atoms with Gasteiger partial charge in [-0.05, 0) is 48.6 Å². The van der Waals surface area contributed by atoms with E-state index in [9.17, 15) is 9.90 Å². The van der Waals surface area contributed by atoms with Crippen LogP contribution in [0.4, 0.5) is 0 Å². The highest BCUT2D eigenvalue weighted by Gasteiger charge is 2.34. The second-order valence-electron chi connectivity index (χ2n) is 6.29. The molecule has 0 heterocycles. The van der Waals surface area contributed by atoms with Gasteiger partial charge in [-0.3, -0.25) is 4.79 Å².